The second kappa shape index (κ2) is 6.40. The third-order valence-corrected chi connectivity index (χ3v) is 4.16. The SMILES string of the molecule is Cc1cccc(C(=O)c2ccc(C(C)(C)C)c(OCC3CO3)c2)c1. The average molecular weight is 324 g/mol. The molecular formula is C21H24O3. The van der Waals surface area contributed by atoms with E-state index < -0.39 is 0 Å². The fraction of sp³-hybridized carbons (Fsp3) is 0.381. The summed E-state index contributed by atoms with van der Waals surface area (Å²) in [6.07, 6.45) is 0.189. The van der Waals surface area contributed by atoms with Crippen molar-refractivity contribution in [2.45, 2.75) is 39.2 Å². The molecule has 1 heterocycles. The van der Waals surface area contributed by atoms with Gasteiger partial charge in [0.1, 0.15) is 18.5 Å². The smallest absolute Gasteiger partial charge is 0.193 e. The molecule has 0 amide bonds. The second-order valence-electron chi connectivity index (χ2n) is 7.43. The van der Waals surface area contributed by atoms with E-state index in [1.54, 1.807) is 0 Å². The molecule has 0 N–H and O–H groups in total. The number of hydrogen-bond acceptors (Lipinski definition) is 3. The molecule has 1 aliphatic heterocycles. The zero-order valence-corrected chi connectivity index (χ0v) is 14.8. The Balaban J connectivity index is 1.93. The summed E-state index contributed by atoms with van der Waals surface area (Å²) in [6, 6.07) is 13.4. The summed E-state index contributed by atoms with van der Waals surface area (Å²) in [5.74, 6) is 0.795. The molecule has 2 aromatic carbocycles. The Kier molecular flexibility index (Phi) is 4.46. The number of rotatable bonds is 5. The molecule has 1 saturated heterocycles. The monoisotopic (exact) mass is 324 g/mol. The Labute approximate surface area is 143 Å². The highest BCUT2D eigenvalue weighted by molar-refractivity contribution is 6.09. The minimum Gasteiger partial charge on any atom is -0.490 e. The average Bonchev–Trinajstić information content (AvgIpc) is 3.35. The van der Waals surface area contributed by atoms with Crippen molar-refractivity contribution in [2.75, 3.05) is 13.2 Å². The van der Waals surface area contributed by atoms with E-state index in [9.17, 15) is 4.79 Å². The number of benzene rings is 2. The maximum atomic E-state index is 12.8. The fourth-order valence-electron chi connectivity index (χ4n) is 2.70. The highest BCUT2D eigenvalue weighted by Gasteiger charge is 2.26. The van der Waals surface area contributed by atoms with Crippen LogP contribution in [0.15, 0.2) is 42.5 Å². The van der Waals surface area contributed by atoms with Gasteiger partial charge in [0.05, 0.1) is 6.61 Å². The van der Waals surface area contributed by atoms with Gasteiger partial charge >= 0.3 is 0 Å². The van der Waals surface area contributed by atoms with Crippen LogP contribution in [0.4, 0.5) is 0 Å². The van der Waals surface area contributed by atoms with Gasteiger partial charge in [-0.2, -0.15) is 0 Å². The third-order valence-electron chi connectivity index (χ3n) is 4.16. The van der Waals surface area contributed by atoms with Gasteiger partial charge in [-0.05, 0) is 30.0 Å². The van der Waals surface area contributed by atoms with E-state index in [0.717, 1.165) is 23.5 Å². The summed E-state index contributed by atoms with van der Waals surface area (Å²) in [5, 5.41) is 0. The summed E-state index contributed by atoms with van der Waals surface area (Å²) in [5.41, 5.74) is 3.48. The van der Waals surface area contributed by atoms with Crippen LogP contribution >= 0.6 is 0 Å². The van der Waals surface area contributed by atoms with Gasteiger partial charge in [-0.1, -0.05) is 56.7 Å². The summed E-state index contributed by atoms with van der Waals surface area (Å²) in [7, 11) is 0. The molecule has 0 aromatic heterocycles. The minimum atomic E-state index is -0.0509. The van der Waals surface area contributed by atoms with Gasteiger partial charge in [-0.3, -0.25) is 4.79 Å². The van der Waals surface area contributed by atoms with Crippen LogP contribution in [0.5, 0.6) is 5.75 Å². The number of ether oxygens (including phenoxy) is 2. The number of hydrogen-bond donors (Lipinski definition) is 0. The van der Waals surface area contributed by atoms with Gasteiger partial charge in [-0.25, -0.2) is 0 Å². The molecule has 3 heteroatoms. The lowest BCUT2D eigenvalue weighted by Crippen LogP contribution is -2.16. The molecule has 0 spiro atoms. The summed E-state index contributed by atoms with van der Waals surface area (Å²) >= 11 is 0. The molecule has 1 aliphatic rings. The molecule has 24 heavy (non-hydrogen) atoms. The number of carbonyl (C=O) groups is 1. The van der Waals surface area contributed by atoms with E-state index in [4.69, 9.17) is 9.47 Å². The van der Waals surface area contributed by atoms with Crippen molar-refractivity contribution in [1.82, 2.24) is 0 Å². The van der Waals surface area contributed by atoms with Crippen molar-refractivity contribution in [2.24, 2.45) is 0 Å². The highest BCUT2D eigenvalue weighted by Crippen LogP contribution is 2.33. The molecule has 126 valence electrons. The predicted octanol–water partition coefficient (Wildman–Crippen LogP) is 4.30. The molecular weight excluding hydrogens is 300 g/mol. The van der Waals surface area contributed by atoms with Crippen LogP contribution < -0.4 is 4.74 Å². The molecule has 1 atom stereocenters. The van der Waals surface area contributed by atoms with Crippen molar-refractivity contribution >= 4 is 5.78 Å². The van der Waals surface area contributed by atoms with Gasteiger partial charge in [0.2, 0.25) is 0 Å². The third kappa shape index (κ3) is 3.85. The first-order chi connectivity index (χ1) is 11.3. The van der Waals surface area contributed by atoms with Crippen LogP contribution in [0.2, 0.25) is 0 Å². The lowest BCUT2D eigenvalue weighted by molar-refractivity contribution is 0.103. The van der Waals surface area contributed by atoms with Gasteiger partial charge in [0.15, 0.2) is 5.78 Å². The first-order valence-corrected chi connectivity index (χ1v) is 8.35. The first-order valence-electron chi connectivity index (χ1n) is 8.35. The van der Waals surface area contributed by atoms with Crippen LogP contribution in [0.3, 0.4) is 0 Å². The van der Waals surface area contributed by atoms with E-state index in [0.29, 0.717) is 17.7 Å². The Hall–Kier alpha value is -2.13. The normalized spacial score (nSPS) is 16.8. The maximum Gasteiger partial charge on any atom is 0.193 e. The molecule has 3 rings (SSSR count). The number of ketones is 1. The lowest BCUT2D eigenvalue weighted by atomic mass is 9.85. The van der Waals surface area contributed by atoms with Gasteiger partial charge < -0.3 is 9.47 Å². The quantitative estimate of drug-likeness (QED) is 0.608. The first kappa shape index (κ1) is 16.7. The molecule has 0 bridgehead atoms. The molecule has 1 unspecified atom stereocenters. The minimum absolute atomic E-state index is 0.0201. The molecule has 1 fully saturated rings. The van der Waals surface area contributed by atoms with Gasteiger partial charge in [0.25, 0.3) is 0 Å². The van der Waals surface area contributed by atoms with Crippen LogP contribution in [0, 0.1) is 6.92 Å². The topological polar surface area (TPSA) is 38.8 Å². The van der Waals surface area contributed by atoms with Gasteiger partial charge in [-0.15, -0.1) is 0 Å². The summed E-state index contributed by atoms with van der Waals surface area (Å²) in [4.78, 5) is 12.8. The highest BCUT2D eigenvalue weighted by atomic mass is 16.6. The van der Waals surface area contributed by atoms with Crippen molar-refractivity contribution in [1.29, 1.82) is 0 Å². The van der Waals surface area contributed by atoms with Crippen LogP contribution in [0.25, 0.3) is 0 Å². The zero-order valence-electron chi connectivity index (χ0n) is 14.8. The van der Waals surface area contributed by atoms with Crippen LogP contribution in [-0.4, -0.2) is 25.1 Å². The van der Waals surface area contributed by atoms with Gasteiger partial charge in [0, 0.05) is 11.1 Å². The Morgan fingerprint density at radius 2 is 1.88 bits per heavy atom. The van der Waals surface area contributed by atoms with Crippen LogP contribution in [0.1, 0.15) is 47.8 Å². The Morgan fingerprint density at radius 3 is 2.50 bits per heavy atom. The molecule has 2 aromatic rings. The standard InChI is InChI=1S/C21H24O3/c1-14-6-5-7-15(10-14)20(22)16-8-9-18(21(2,3)4)19(11-16)24-13-17-12-23-17/h5-11,17H,12-13H2,1-4H3. The fourth-order valence-corrected chi connectivity index (χ4v) is 2.70. The second-order valence-corrected chi connectivity index (χ2v) is 7.43. The summed E-state index contributed by atoms with van der Waals surface area (Å²) < 4.78 is 11.2. The van der Waals surface area contributed by atoms with E-state index in [1.165, 1.54) is 0 Å². The molecule has 0 radical (unpaired) electrons. The van der Waals surface area contributed by atoms with E-state index >= 15 is 0 Å². The molecule has 3 nitrogen and oxygen atoms in total. The lowest BCUT2D eigenvalue weighted by Gasteiger charge is -2.23. The summed E-state index contributed by atoms with van der Waals surface area (Å²) in [6.45, 7) is 9.71. The maximum absolute atomic E-state index is 12.8. The molecule has 0 saturated carbocycles. The Morgan fingerprint density at radius 1 is 1.17 bits per heavy atom. The van der Waals surface area contributed by atoms with Crippen molar-refractivity contribution in [3.8, 4) is 5.75 Å². The van der Waals surface area contributed by atoms with Crippen molar-refractivity contribution in [3.05, 3.63) is 64.7 Å². The van der Waals surface area contributed by atoms with Crippen molar-refractivity contribution in [3.63, 3.8) is 0 Å². The van der Waals surface area contributed by atoms with E-state index in [1.807, 2.05) is 49.4 Å². The number of epoxide rings is 1. The predicted molar refractivity (Wildman–Crippen MR) is 95.0 cm³/mol. The van der Waals surface area contributed by atoms with Crippen LogP contribution in [-0.2, 0) is 10.2 Å². The largest absolute Gasteiger partial charge is 0.490 e. The van der Waals surface area contributed by atoms with E-state index in [2.05, 4.69) is 20.8 Å². The molecule has 0 aliphatic carbocycles. The zero-order chi connectivity index (χ0) is 17.3. The number of carbonyl (C=O) groups excluding carboxylic acids is 1. The Bertz CT molecular complexity index is 752. The van der Waals surface area contributed by atoms with Crippen molar-refractivity contribution < 1.29 is 14.3 Å². The van der Waals surface area contributed by atoms with E-state index in [-0.39, 0.29) is 17.3 Å². The number of aryl methyl sites for hydroxylation is 1.